The van der Waals surface area contributed by atoms with Crippen molar-refractivity contribution in [1.82, 2.24) is 8.94 Å². The maximum atomic E-state index is 15.0. The van der Waals surface area contributed by atoms with Crippen molar-refractivity contribution in [3.05, 3.63) is 38.5 Å². The van der Waals surface area contributed by atoms with Crippen molar-refractivity contribution < 1.29 is 9.23 Å². The van der Waals surface area contributed by atoms with Crippen LogP contribution in [0, 0.1) is 5.82 Å². The maximum absolute atomic E-state index is 15.0. The lowest BCUT2D eigenvalue weighted by molar-refractivity contribution is 0.212. The quantitative estimate of drug-likeness (QED) is 0.645. The number of aromatic amines is 1. The first-order valence-electron chi connectivity index (χ1n) is 8.99. The molecule has 3 aromatic rings. The SMILES string of the molecule is CO/N=C1/CN(c2cc3c(cc2F)c(=O)c2c(=O)[nH]sc2n3C2CC2)CC1N. The lowest BCUT2D eigenvalue weighted by Gasteiger charge is -2.20. The van der Waals surface area contributed by atoms with E-state index in [-0.39, 0.29) is 22.9 Å². The van der Waals surface area contributed by atoms with Crippen molar-refractivity contribution >= 4 is 44.1 Å². The molecule has 1 aromatic carbocycles. The number of benzene rings is 1. The Morgan fingerprint density at radius 1 is 1.36 bits per heavy atom. The molecule has 5 rings (SSSR count). The van der Waals surface area contributed by atoms with Crippen molar-refractivity contribution in [3.63, 3.8) is 0 Å². The van der Waals surface area contributed by atoms with Crippen LogP contribution in [0.15, 0.2) is 26.9 Å². The van der Waals surface area contributed by atoms with Crippen LogP contribution in [0.4, 0.5) is 10.1 Å². The minimum Gasteiger partial charge on any atom is -0.399 e. The molecule has 2 fully saturated rings. The number of anilines is 1. The molecule has 0 amide bonds. The van der Waals surface area contributed by atoms with Crippen LogP contribution in [0.2, 0.25) is 0 Å². The van der Waals surface area contributed by atoms with E-state index in [9.17, 15) is 14.0 Å². The molecule has 2 aliphatic rings. The van der Waals surface area contributed by atoms with Gasteiger partial charge in [0, 0.05) is 18.0 Å². The van der Waals surface area contributed by atoms with Crippen LogP contribution in [0.5, 0.6) is 0 Å². The van der Waals surface area contributed by atoms with E-state index >= 15 is 0 Å². The highest BCUT2D eigenvalue weighted by molar-refractivity contribution is 7.12. The lowest BCUT2D eigenvalue weighted by Crippen LogP contribution is -2.30. The number of fused-ring (bicyclic) bond motifs is 2. The molecule has 0 radical (unpaired) electrons. The Morgan fingerprint density at radius 2 is 2.14 bits per heavy atom. The van der Waals surface area contributed by atoms with Crippen molar-refractivity contribution in [2.45, 2.75) is 24.9 Å². The van der Waals surface area contributed by atoms with Crippen LogP contribution in [0.25, 0.3) is 21.1 Å². The molecule has 1 aliphatic carbocycles. The predicted molar refractivity (Wildman–Crippen MR) is 107 cm³/mol. The molecule has 1 saturated heterocycles. The first kappa shape index (κ1) is 17.4. The molecular weight excluding hydrogens is 385 g/mol. The summed E-state index contributed by atoms with van der Waals surface area (Å²) < 4.78 is 19.6. The fourth-order valence-electron chi connectivity index (χ4n) is 3.89. The van der Waals surface area contributed by atoms with Crippen molar-refractivity contribution in [2.75, 3.05) is 25.1 Å². The number of oxime groups is 1. The number of halogens is 1. The van der Waals surface area contributed by atoms with Crippen LogP contribution in [-0.4, -0.2) is 40.9 Å². The lowest BCUT2D eigenvalue weighted by atomic mass is 10.1. The van der Waals surface area contributed by atoms with E-state index in [1.54, 1.807) is 11.0 Å². The molecule has 3 heterocycles. The predicted octanol–water partition coefficient (Wildman–Crippen LogP) is 1.53. The van der Waals surface area contributed by atoms with Crippen LogP contribution in [0.3, 0.4) is 0 Å². The first-order valence-corrected chi connectivity index (χ1v) is 9.80. The van der Waals surface area contributed by atoms with E-state index in [0.29, 0.717) is 34.8 Å². The second-order valence-electron chi connectivity index (χ2n) is 7.22. The van der Waals surface area contributed by atoms with Crippen LogP contribution in [0.1, 0.15) is 18.9 Å². The van der Waals surface area contributed by atoms with Crippen LogP contribution < -0.4 is 21.6 Å². The molecule has 1 aliphatic heterocycles. The van der Waals surface area contributed by atoms with Gasteiger partial charge in [0.2, 0.25) is 5.43 Å². The van der Waals surface area contributed by atoms with Crippen molar-refractivity contribution in [1.29, 1.82) is 0 Å². The van der Waals surface area contributed by atoms with E-state index in [1.807, 2.05) is 4.57 Å². The molecular formula is C18H18FN5O3S. The fourth-order valence-corrected chi connectivity index (χ4v) is 4.82. The molecule has 146 valence electrons. The Kier molecular flexibility index (Phi) is 3.81. The molecule has 10 heteroatoms. The first-order chi connectivity index (χ1) is 13.5. The number of nitrogens with zero attached hydrogens (tertiary/aromatic N) is 3. The largest absolute Gasteiger partial charge is 0.399 e. The zero-order chi connectivity index (χ0) is 19.6. The zero-order valence-corrected chi connectivity index (χ0v) is 15.9. The molecule has 1 saturated carbocycles. The minimum absolute atomic E-state index is 0.106. The highest BCUT2D eigenvalue weighted by atomic mass is 32.1. The molecule has 1 atom stereocenters. The summed E-state index contributed by atoms with van der Waals surface area (Å²) in [5.74, 6) is -0.524. The van der Waals surface area contributed by atoms with Gasteiger partial charge >= 0.3 is 0 Å². The summed E-state index contributed by atoms with van der Waals surface area (Å²) in [7, 11) is 1.45. The third-order valence-electron chi connectivity index (χ3n) is 5.36. The number of nitrogens with two attached hydrogens (primary N) is 1. The number of rotatable bonds is 3. The van der Waals surface area contributed by atoms with Crippen molar-refractivity contribution in [2.24, 2.45) is 10.9 Å². The smallest absolute Gasteiger partial charge is 0.271 e. The van der Waals surface area contributed by atoms with Crippen molar-refractivity contribution in [3.8, 4) is 0 Å². The van der Waals surface area contributed by atoms with E-state index in [0.717, 1.165) is 24.4 Å². The van der Waals surface area contributed by atoms with Gasteiger partial charge in [-0.1, -0.05) is 5.16 Å². The topological polar surface area (TPSA) is 106 Å². The maximum Gasteiger partial charge on any atom is 0.271 e. The van der Waals surface area contributed by atoms with Gasteiger partial charge in [0.15, 0.2) is 0 Å². The van der Waals surface area contributed by atoms with Gasteiger partial charge in [0.05, 0.1) is 29.5 Å². The molecule has 3 N–H and O–H groups in total. The third kappa shape index (κ3) is 2.48. The average Bonchev–Trinajstić information content (AvgIpc) is 3.33. The Hall–Kier alpha value is -2.72. The highest BCUT2D eigenvalue weighted by Gasteiger charge is 2.32. The number of pyridine rings is 1. The van der Waals surface area contributed by atoms with E-state index in [1.165, 1.54) is 13.2 Å². The van der Waals surface area contributed by atoms with Gasteiger partial charge in [-0.3, -0.25) is 14.0 Å². The van der Waals surface area contributed by atoms with Gasteiger partial charge in [-0.25, -0.2) is 4.39 Å². The standard InChI is InChI=1S/C18H18FN5O3S/c1-27-21-12-7-23(6-11(12)20)14-5-13-9(4-10(14)19)16(25)15-17(26)22-28-18(15)24(13)8-2-3-8/h4-5,8,11H,2-3,6-7,20H2,1H3,(H,22,26)/b21-12-. The van der Waals surface area contributed by atoms with E-state index < -0.39 is 16.8 Å². The van der Waals surface area contributed by atoms with Gasteiger partial charge in [-0.05, 0) is 36.5 Å². The Morgan fingerprint density at radius 3 is 2.86 bits per heavy atom. The summed E-state index contributed by atoms with van der Waals surface area (Å²) in [5, 5.41) is 4.25. The molecule has 1 unspecified atom stereocenters. The fraction of sp³-hybridized carbons (Fsp3) is 0.389. The number of hydrogen-bond acceptors (Lipinski definition) is 7. The Labute approximate surface area is 162 Å². The Bertz CT molecular complexity index is 1260. The average molecular weight is 403 g/mol. The number of H-pyrrole nitrogens is 1. The summed E-state index contributed by atoms with van der Waals surface area (Å²) in [6, 6.07) is 2.79. The van der Waals surface area contributed by atoms with Gasteiger partial charge in [-0.2, -0.15) is 0 Å². The zero-order valence-electron chi connectivity index (χ0n) is 15.1. The van der Waals surface area contributed by atoms with E-state index in [4.69, 9.17) is 10.6 Å². The summed E-state index contributed by atoms with van der Waals surface area (Å²) in [4.78, 5) is 32.2. The normalized spacial score (nSPS) is 21.3. The monoisotopic (exact) mass is 403 g/mol. The highest BCUT2D eigenvalue weighted by Crippen LogP contribution is 2.40. The molecule has 2 aromatic heterocycles. The van der Waals surface area contributed by atoms with Gasteiger partial charge < -0.3 is 20.0 Å². The number of aromatic nitrogens is 2. The molecule has 0 bridgehead atoms. The summed E-state index contributed by atoms with van der Waals surface area (Å²) in [6.45, 7) is 0.753. The second kappa shape index (κ2) is 6.14. The summed E-state index contributed by atoms with van der Waals surface area (Å²) in [5.41, 5.74) is 6.86. The second-order valence-corrected chi connectivity index (χ2v) is 8.01. The van der Waals surface area contributed by atoms with Gasteiger partial charge in [0.25, 0.3) is 5.56 Å². The minimum atomic E-state index is -0.524. The summed E-state index contributed by atoms with van der Waals surface area (Å²) >= 11 is 1.15. The molecule has 8 nitrogen and oxygen atoms in total. The number of hydrogen-bond donors (Lipinski definition) is 2. The van der Waals surface area contributed by atoms with Crippen LogP contribution >= 0.6 is 11.5 Å². The molecule has 28 heavy (non-hydrogen) atoms. The summed E-state index contributed by atoms with van der Waals surface area (Å²) in [6.07, 6.45) is 1.93. The van der Waals surface area contributed by atoms with Gasteiger partial charge in [-0.15, -0.1) is 0 Å². The van der Waals surface area contributed by atoms with Gasteiger partial charge in [0.1, 0.15) is 23.1 Å². The van der Waals surface area contributed by atoms with E-state index in [2.05, 4.69) is 9.53 Å². The Balaban J connectivity index is 1.76. The molecule has 0 spiro atoms. The third-order valence-corrected chi connectivity index (χ3v) is 6.24. The van der Waals surface area contributed by atoms with Crippen LogP contribution in [-0.2, 0) is 4.84 Å². The number of nitrogens with one attached hydrogen (secondary N) is 1.